The molecule has 0 radical (unpaired) electrons. The lowest BCUT2D eigenvalue weighted by Gasteiger charge is -2.32. The summed E-state index contributed by atoms with van der Waals surface area (Å²) in [6.07, 6.45) is -4.52. The Hall–Kier alpha value is -3.90. The number of halogens is 4. The van der Waals surface area contributed by atoms with Crippen LogP contribution in [0.2, 0.25) is 0 Å². The highest BCUT2D eigenvalue weighted by Gasteiger charge is 2.51. The number of carboxylic acids is 1. The minimum absolute atomic E-state index is 0.234. The molecular weight excluding hydrogens is 722 g/mol. The number of fused-ring (bicyclic) bond motifs is 1. The van der Waals surface area contributed by atoms with Crippen molar-refractivity contribution in [1.82, 2.24) is 4.90 Å². The fourth-order valence-electron chi connectivity index (χ4n) is 5.82. The molecule has 0 aliphatic carbocycles. The van der Waals surface area contributed by atoms with Gasteiger partial charge in [-0.15, -0.1) is 0 Å². The van der Waals surface area contributed by atoms with Crippen LogP contribution in [0.15, 0.2) is 106 Å². The zero-order valence-corrected chi connectivity index (χ0v) is 31.1. The van der Waals surface area contributed by atoms with E-state index in [9.17, 15) is 18.0 Å². The monoisotopic (exact) mass is 763 g/mol. The molecule has 1 aliphatic heterocycles. The lowest BCUT2D eigenvalue weighted by atomic mass is 9.79. The molecule has 6 nitrogen and oxygen atoms in total. The van der Waals surface area contributed by atoms with Gasteiger partial charge in [-0.1, -0.05) is 88.7 Å². The second-order valence-electron chi connectivity index (χ2n) is 13.9. The molecule has 0 spiro atoms. The summed E-state index contributed by atoms with van der Waals surface area (Å²) in [4.78, 5) is 12.7. The van der Waals surface area contributed by atoms with Crippen molar-refractivity contribution in [3.63, 3.8) is 0 Å². The molecule has 268 valence electrons. The second kappa shape index (κ2) is 15.4. The van der Waals surface area contributed by atoms with Crippen LogP contribution in [0.3, 0.4) is 0 Å². The molecular formula is C40H42BBrF3NO5. The third-order valence-corrected chi connectivity index (χ3v) is 10.1. The fourth-order valence-corrected chi connectivity index (χ4v) is 6.23. The molecule has 0 amide bonds. The Bertz CT molecular complexity index is 1960. The van der Waals surface area contributed by atoms with Gasteiger partial charge in [0.2, 0.25) is 5.76 Å². The van der Waals surface area contributed by atoms with Gasteiger partial charge in [-0.25, -0.2) is 0 Å². The van der Waals surface area contributed by atoms with Crippen molar-refractivity contribution in [2.45, 2.75) is 84.5 Å². The van der Waals surface area contributed by atoms with E-state index in [-0.39, 0.29) is 12.3 Å². The molecule has 1 saturated heterocycles. The highest BCUT2D eigenvalue weighted by atomic mass is 79.9. The molecule has 0 bridgehead atoms. The summed E-state index contributed by atoms with van der Waals surface area (Å²) < 4.78 is 58.0. The van der Waals surface area contributed by atoms with Crippen LogP contribution >= 0.6 is 15.9 Å². The fraction of sp³-hybridized carbons (Fsp3) is 0.325. The van der Waals surface area contributed by atoms with Crippen LogP contribution in [-0.2, 0) is 39.9 Å². The molecule has 1 atom stereocenters. The number of carboxylic acid groups (broad SMARTS) is 1. The summed E-state index contributed by atoms with van der Waals surface area (Å²) in [6, 6.07) is 30.1. The maximum atomic E-state index is 13.2. The first-order chi connectivity index (χ1) is 23.9. The molecule has 1 aliphatic rings. The Balaban J connectivity index is 0.000000357. The molecule has 4 aromatic carbocycles. The van der Waals surface area contributed by atoms with Crippen molar-refractivity contribution >= 4 is 45.3 Å². The molecule has 0 saturated carbocycles. The lowest BCUT2D eigenvalue weighted by Crippen LogP contribution is -2.41. The van der Waals surface area contributed by atoms with Gasteiger partial charge in [0.15, 0.2) is 0 Å². The predicted molar refractivity (Wildman–Crippen MR) is 198 cm³/mol. The van der Waals surface area contributed by atoms with E-state index < -0.39 is 42.1 Å². The number of carbonyl (C=O) groups is 1. The van der Waals surface area contributed by atoms with E-state index in [1.807, 2.05) is 88.4 Å². The number of benzene rings is 4. The van der Waals surface area contributed by atoms with E-state index in [2.05, 4.69) is 52.0 Å². The Kier molecular flexibility index (Phi) is 11.6. The minimum Gasteiger partial charge on any atom is -0.481 e. The van der Waals surface area contributed by atoms with E-state index >= 15 is 0 Å². The van der Waals surface area contributed by atoms with E-state index in [1.54, 1.807) is 6.92 Å². The molecule has 6 rings (SSSR count). The normalized spacial score (nSPS) is 15.9. The van der Waals surface area contributed by atoms with Gasteiger partial charge in [0.05, 0.1) is 23.7 Å². The first-order valence-corrected chi connectivity index (χ1v) is 17.5. The molecule has 1 aromatic heterocycles. The van der Waals surface area contributed by atoms with Crippen molar-refractivity contribution in [3.8, 4) is 0 Å². The van der Waals surface area contributed by atoms with Gasteiger partial charge in [0, 0.05) is 17.6 Å². The Morgan fingerprint density at radius 1 is 0.863 bits per heavy atom. The van der Waals surface area contributed by atoms with Gasteiger partial charge in [-0.05, 0) is 104 Å². The first-order valence-electron chi connectivity index (χ1n) is 16.7. The number of aryl methyl sites for hydroxylation is 1. The summed E-state index contributed by atoms with van der Waals surface area (Å²) in [5.74, 6) is -1.95. The Labute approximate surface area is 305 Å². The van der Waals surface area contributed by atoms with Crippen LogP contribution in [0.25, 0.3) is 10.8 Å². The number of furan rings is 1. The molecule has 1 fully saturated rings. The van der Waals surface area contributed by atoms with Crippen molar-refractivity contribution in [2.75, 3.05) is 0 Å². The number of alkyl halides is 3. The summed E-state index contributed by atoms with van der Waals surface area (Å²) in [5, 5.41) is 11.0. The van der Waals surface area contributed by atoms with Gasteiger partial charge in [-0.3, -0.25) is 9.69 Å². The van der Waals surface area contributed by atoms with Gasteiger partial charge in [0.25, 0.3) is 0 Å². The number of rotatable bonds is 9. The Morgan fingerprint density at radius 3 is 2.14 bits per heavy atom. The number of hydrogen-bond donors (Lipinski definition) is 1. The van der Waals surface area contributed by atoms with Gasteiger partial charge < -0.3 is 18.8 Å². The molecule has 51 heavy (non-hydrogen) atoms. The van der Waals surface area contributed by atoms with Gasteiger partial charge >= 0.3 is 19.3 Å². The third kappa shape index (κ3) is 9.32. The first kappa shape index (κ1) is 38.3. The van der Waals surface area contributed by atoms with Crippen LogP contribution in [0.1, 0.15) is 74.3 Å². The maximum absolute atomic E-state index is 13.2. The van der Waals surface area contributed by atoms with Crippen LogP contribution in [0.5, 0.6) is 0 Å². The van der Waals surface area contributed by atoms with Crippen molar-refractivity contribution in [2.24, 2.45) is 0 Å². The third-order valence-electron chi connectivity index (χ3n) is 9.61. The summed E-state index contributed by atoms with van der Waals surface area (Å²) in [7, 11) is -0.456. The highest BCUT2D eigenvalue weighted by molar-refractivity contribution is 9.10. The zero-order valence-electron chi connectivity index (χ0n) is 29.6. The van der Waals surface area contributed by atoms with Crippen molar-refractivity contribution in [3.05, 3.63) is 135 Å². The Morgan fingerprint density at radius 2 is 1.53 bits per heavy atom. The van der Waals surface area contributed by atoms with Gasteiger partial charge in [-0.2, -0.15) is 13.2 Å². The van der Waals surface area contributed by atoms with Crippen molar-refractivity contribution < 1.29 is 36.8 Å². The molecule has 2 heterocycles. The lowest BCUT2D eigenvalue weighted by molar-refractivity contribution is -0.153. The molecule has 0 unspecified atom stereocenters. The second-order valence-corrected chi connectivity index (χ2v) is 14.9. The SMILES string of the molecule is C[C@H](C(=O)O)c1cccc(Br)c1.Cc1ccc2ccccc2c1CN(Cc1ccc(B2OC(C)(C)C(C)(C)O2)cc1)Cc1ccc(C(F)(F)F)o1. The average Bonchev–Trinajstić information content (AvgIpc) is 3.63. The maximum Gasteiger partial charge on any atom is 0.494 e. The predicted octanol–water partition coefficient (Wildman–Crippen LogP) is 9.90. The van der Waals surface area contributed by atoms with Crippen LogP contribution in [-0.4, -0.2) is 34.3 Å². The van der Waals surface area contributed by atoms with Crippen LogP contribution in [0.4, 0.5) is 13.2 Å². The average molecular weight is 764 g/mol. The highest BCUT2D eigenvalue weighted by Crippen LogP contribution is 2.37. The summed E-state index contributed by atoms with van der Waals surface area (Å²) in [5.41, 5.74) is 4.18. The quantitative estimate of drug-likeness (QED) is 0.151. The van der Waals surface area contributed by atoms with Gasteiger partial charge in [0.1, 0.15) is 5.76 Å². The molecule has 1 N–H and O–H groups in total. The minimum atomic E-state index is -4.52. The zero-order chi connectivity index (χ0) is 37.1. The summed E-state index contributed by atoms with van der Waals surface area (Å²) in [6.45, 7) is 13.1. The molecule has 11 heteroatoms. The van der Waals surface area contributed by atoms with E-state index in [0.29, 0.717) is 13.1 Å². The van der Waals surface area contributed by atoms with Crippen molar-refractivity contribution in [1.29, 1.82) is 0 Å². The number of nitrogens with zero attached hydrogens (tertiary/aromatic N) is 1. The number of hydrogen-bond acceptors (Lipinski definition) is 5. The van der Waals surface area contributed by atoms with E-state index in [4.69, 9.17) is 18.8 Å². The largest absolute Gasteiger partial charge is 0.494 e. The smallest absolute Gasteiger partial charge is 0.481 e. The number of aliphatic carboxylic acids is 1. The topological polar surface area (TPSA) is 72.1 Å². The standard InChI is InChI=1S/C31H33BF3NO3.C9H9BrO2/c1-21-10-13-23-8-6-7-9-26(23)27(21)20-36(19-25-16-17-28(37-25)31(33,34)35)18-22-11-14-24(15-12-22)32-38-29(2,3)30(4,5)39-32;1-6(9(11)12)7-3-2-4-8(10)5-7/h6-17H,18-20H2,1-5H3;2-6H,1H3,(H,11,12)/t;6-/m.0/s1. The summed E-state index contributed by atoms with van der Waals surface area (Å²) >= 11 is 3.29. The molecule has 5 aromatic rings. The van der Waals surface area contributed by atoms with E-state index in [1.165, 1.54) is 6.07 Å². The van der Waals surface area contributed by atoms with E-state index in [0.717, 1.165) is 49.0 Å². The van der Waals surface area contributed by atoms with Crippen LogP contribution in [0, 0.1) is 6.92 Å². The van der Waals surface area contributed by atoms with Crippen LogP contribution < -0.4 is 5.46 Å².